The Kier molecular flexibility index (Phi) is 6.52. The van der Waals surface area contributed by atoms with Gasteiger partial charge >= 0.3 is 0 Å². The topological polar surface area (TPSA) is 74.0 Å². The Morgan fingerprint density at radius 1 is 1.21 bits per heavy atom. The van der Waals surface area contributed by atoms with E-state index in [1.807, 2.05) is 32.2 Å². The lowest BCUT2D eigenvalue weighted by Crippen LogP contribution is -2.28. The predicted octanol–water partition coefficient (Wildman–Crippen LogP) is 3.84. The molecule has 1 fully saturated rings. The minimum atomic E-state index is -0.135. The normalized spacial score (nSPS) is 14.2. The number of allylic oxidation sites excluding steroid dienone is 1. The molecule has 1 aliphatic heterocycles. The Bertz CT molecular complexity index is 961. The number of aromatic amines is 1. The van der Waals surface area contributed by atoms with Crippen LogP contribution in [-0.4, -0.2) is 24.0 Å². The molecule has 1 aliphatic rings. The summed E-state index contributed by atoms with van der Waals surface area (Å²) in [6, 6.07) is 1.93. The molecule has 1 amide bonds. The Morgan fingerprint density at radius 2 is 1.93 bits per heavy atom. The summed E-state index contributed by atoms with van der Waals surface area (Å²) in [6.07, 6.45) is 3.14. The Hall–Kier alpha value is -2.18. The molecule has 1 saturated heterocycles. The summed E-state index contributed by atoms with van der Waals surface area (Å²) in [5.74, 6) is -0.120. The van der Waals surface area contributed by atoms with E-state index in [2.05, 4.69) is 22.5 Å². The Labute approximate surface area is 170 Å². The molecule has 0 radical (unpaired) electrons. The van der Waals surface area contributed by atoms with Gasteiger partial charge in [0.1, 0.15) is 0 Å². The van der Waals surface area contributed by atoms with Gasteiger partial charge in [-0.1, -0.05) is 12.5 Å². The second-order valence-electron chi connectivity index (χ2n) is 7.41. The molecule has 6 heteroatoms. The number of aryl methyl sites for hydroxylation is 2. The highest BCUT2D eigenvalue weighted by molar-refractivity contribution is 7.11. The van der Waals surface area contributed by atoms with E-state index in [4.69, 9.17) is 0 Å². The molecule has 2 aromatic rings. The molecule has 0 unspecified atom stereocenters. The lowest BCUT2D eigenvalue weighted by atomic mass is 9.94. The van der Waals surface area contributed by atoms with Gasteiger partial charge in [0.15, 0.2) is 0 Å². The molecule has 0 aromatic carbocycles. The highest BCUT2D eigenvalue weighted by atomic mass is 32.1. The fraction of sp³-hybridized carbons (Fsp3) is 0.455. The smallest absolute Gasteiger partial charge is 0.253 e. The maximum absolute atomic E-state index is 12.8. The molecule has 5 nitrogen and oxygen atoms in total. The largest absolute Gasteiger partial charge is 0.348 e. The van der Waals surface area contributed by atoms with Gasteiger partial charge in [-0.2, -0.15) is 0 Å². The van der Waals surface area contributed by atoms with Crippen molar-refractivity contribution in [3.63, 3.8) is 0 Å². The van der Waals surface area contributed by atoms with Gasteiger partial charge in [0.25, 0.3) is 11.5 Å². The maximum atomic E-state index is 12.8. The molecule has 3 rings (SSSR count). The van der Waals surface area contributed by atoms with E-state index >= 15 is 0 Å². The maximum Gasteiger partial charge on any atom is 0.253 e. The first-order chi connectivity index (χ1) is 13.4. The molecular formula is C22H29N3O2S. The second kappa shape index (κ2) is 8.88. The average Bonchev–Trinajstić information content (AvgIpc) is 3.04. The summed E-state index contributed by atoms with van der Waals surface area (Å²) in [7, 11) is 0. The van der Waals surface area contributed by atoms with Crippen molar-refractivity contribution in [3.05, 3.63) is 60.2 Å². The quantitative estimate of drug-likeness (QED) is 0.715. The van der Waals surface area contributed by atoms with Gasteiger partial charge in [0, 0.05) is 28.1 Å². The number of H-pyrrole nitrogens is 1. The van der Waals surface area contributed by atoms with Crippen LogP contribution in [0.3, 0.4) is 0 Å². The van der Waals surface area contributed by atoms with Crippen molar-refractivity contribution in [2.75, 3.05) is 13.1 Å². The van der Waals surface area contributed by atoms with E-state index in [0.717, 1.165) is 49.2 Å². The third kappa shape index (κ3) is 4.28. The van der Waals surface area contributed by atoms with E-state index in [9.17, 15) is 9.59 Å². The molecule has 3 heterocycles. The van der Waals surface area contributed by atoms with Crippen LogP contribution >= 0.6 is 11.3 Å². The first-order valence-electron chi connectivity index (χ1n) is 9.90. The molecule has 0 aliphatic carbocycles. The number of rotatable bonds is 5. The minimum absolute atomic E-state index is 0.120. The third-order valence-corrected chi connectivity index (χ3v) is 6.61. The SMILES string of the molecule is CCC(=C1CCNCC1)c1scc(C(=O)NCc2c(C)cc(C)[nH]c2=O)c1C. The van der Waals surface area contributed by atoms with Gasteiger partial charge in [-0.25, -0.2) is 0 Å². The van der Waals surface area contributed by atoms with Crippen LogP contribution in [0.15, 0.2) is 21.8 Å². The van der Waals surface area contributed by atoms with Crippen LogP contribution in [0.4, 0.5) is 0 Å². The van der Waals surface area contributed by atoms with Crippen molar-refractivity contribution in [3.8, 4) is 0 Å². The van der Waals surface area contributed by atoms with Crippen molar-refractivity contribution >= 4 is 22.8 Å². The molecule has 0 bridgehead atoms. The monoisotopic (exact) mass is 399 g/mol. The van der Waals surface area contributed by atoms with E-state index in [1.165, 1.54) is 16.0 Å². The summed E-state index contributed by atoms with van der Waals surface area (Å²) >= 11 is 1.65. The van der Waals surface area contributed by atoms with Gasteiger partial charge in [0.2, 0.25) is 0 Å². The fourth-order valence-electron chi connectivity index (χ4n) is 3.90. The van der Waals surface area contributed by atoms with Crippen LogP contribution in [0.25, 0.3) is 5.57 Å². The predicted molar refractivity (Wildman–Crippen MR) is 116 cm³/mol. The summed E-state index contributed by atoms with van der Waals surface area (Å²) in [4.78, 5) is 29.0. The number of piperidine rings is 1. The summed E-state index contributed by atoms with van der Waals surface area (Å²) in [5, 5.41) is 8.28. The number of amides is 1. The van der Waals surface area contributed by atoms with Crippen LogP contribution in [0.5, 0.6) is 0 Å². The number of hydrogen-bond donors (Lipinski definition) is 3. The van der Waals surface area contributed by atoms with Crippen LogP contribution < -0.4 is 16.2 Å². The van der Waals surface area contributed by atoms with Crippen molar-refractivity contribution in [1.29, 1.82) is 0 Å². The number of hydrogen-bond acceptors (Lipinski definition) is 4. The molecule has 0 spiro atoms. The molecular weight excluding hydrogens is 370 g/mol. The van der Waals surface area contributed by atoms with Gasteiger partial charge in [0.05, 0.1) is 5.56 Å². The highest BCUT2D eigenvalue weighted by Crippen LogP contribution is 2.35. The van der Waals surface area contributed by atoms with E-state index in [0.29, 0.717) is 11.1 Å². The number of carbonyl (C=O) groups is 1. The standard InChI is InChI=1S/C22H29N3O2S/c1-5-17(16-6-8-23-9-7-16)20-15(4)19(12-28-20)21(26)24-11-18-13(2)10-14(3)25-22(18)27/h10,12,23H,5-9,11H2,1-4H3,(H,24,26)(H,25,27). The van der Waals surface area contributed by atoms with Crippen LogP contribution in [0, 0.1) is 20.8 Å². The Morgan fingerprint density at radius 3 is 2.57 bits per heavy atom. The molecule has 150 valence electrons. The fourth-order valence-corrected chi connectivity index (χ4v) is 5.14. The number of thiophene rings is 1. The van der Waals surface area contributed by atoms with Crippen molar-refractivity contribution < 1.29 is 4.79 Å². The van der Waals surface area contributed by atoms with Crippen LogP contribution in [-0.2, 0) is 6.54 Å². The van der Waals surface area contributed by atoms with Gasteiger partial charge in [-0.15, -0.1) is 11.3 Å². The van der Waals surface area contributed by atoms with Crippen molar-refractivity contribution in [2.24, 2.45) is 0 Å². The summed E-state index contributed by atoms with van der Waals surface area (Å²) < 4.78 is 0. The number of pyridine rings is 1. The lowest BCUT2D eigenvalue weighted by Gasteiger charge is -2.20. The molecule has 0 atom stereocenters. The number of aromatic nitrogens is 1. The zero-order valence-corrected chi connectivity index (χ0v) is 17.9. The highest BCUT2D eigenvalue weighted by Gasteiger charge is 2.19. The first kappa shape index (κ1) is 20.6. The summed E-state index contributed by atoms with van der Waals surface area (Å²) in [6.45, 7) is 10.3. The van der Waals surface area contributed by atoms with Crippen molar-refractivity contribution in [1.82, 2.24) is 15.6 Å². The lowest BCUT2D eigenvalue weighted by molar-refractivity contribution is 0.0950. The minimum Gasteiger partial charge on any atom is -0.348 e. The summed E-state index contributed by atoms with van der Waals surface area (Å²) in [5.41, 5.74) is 6.86. The Balaban J connectivity index is 1.80. The molecule has 2 aromatic heterocycles. The van der Waals surface area contributed by atoms with Crippen LogP contribution in [0.1, 0.15) is 63.8 Å². The second-order valence-corrected chi connectivity index (χ2v) is 8.29. The molecule has 28 heavy (non-hydrogen) atoms. The molecule has 3 N–H and O–H groups in total. The zero-order valence-electron chi connectivity index (χ0n) is 17.1. The van der Waals surface area contributed by atoms with Gasteiger partial charge in [-0.05, 0) is 75.9 Å². The van der Waals surface area contributed by atoms with E-state index in [-0.39, 0.29) is 18.0 Å². The van der Waals surface area contributed by atoms with Crippen LogP contribution in [0.2, 0.25) is 0 Å². The molecule has 0 saturated carbocycles. The number of carbonyl (C=O) groups excluding carboxylic acids is 1. The third-order valence-electron chi connectivity index (χ3n) is 5.46. The van der Waals surface area contributed by atoms with Gasteiger partial charge < -0.3 is 15.6 Å². The van der Waals surface area contributed by atoms with Crippen molar-refractivity contribution in [2.45, 2.75) is 53.5 Å². The number of nitrogens with one attached hydrogen (secondary N) is 3. The first-order valence-corrected chi connectivity index (χ1v) is 10.8. The van der Waals surface area contributed by atoms with E-state index in [1.54, 1.807) is 11.3 Å². The van der Waals surface area contributed by atoms with Gasteiger partial charge in [-0.3, -0.25) is 9.59 Å². The zero-order chi connectivity index (χ0) is 20.3. The van der Waals surface area contributed by atoms with E-state index < -0.39 is 0 Å². The average molecular weight is 400 g/mol.